The maximum atomic E-state index is 14.0. The van der Waals surface area contributed by atoms with Crippen LogP contribution in [0.25, 0.3) is 0 Å². The average molecular weight is 310 g/mol. The highest BCUT2D eigenvalue weighted by Gasteiger charge is 2.30. The molecule has 0 amide bonds. The molecule has 0 unspecified atom stereocenters. The highest BCUT2D eigenvalue weighted by molar-refractivity contribution is 7.89. The van der Waals surface area contributed by atoms with Gasteiger partial charge in [-0.1, -0.05) is 11.6 Å². The normalized spacial score (nSPS) is 17.6. The summed E-state index contributed by atoms with van der Waals surface area (Å²) in [4.78, 5) is -0.508. The van der Waals surface area contributed by atoms with Crippen LogP contribution in [0.15, 0.2) is 17.0 Å². The average Bonchev–Trinajstić information content (AvgIpc) is 2.41. The largest absolute Gasteiger partial charge is 0.392 e. The number of morpholine rings is 1. The van der Waals surface area contributed by atoms with Crippen molar-refractivity contribution >= 4 is 21.6 Å². The lowest BCUT2D eigenvalue weighted by molar-refractivity contribution is 0.0729. The number of nitrogens with zero attached hydrogens (tertiary/aromatic N) is 1. The van der Waals surface area contributed by atoms with Crippen LogP contribution >= 0.6 is 11.6 Å². The third kappa shape index (κ3) is 2.90. The lowest BCUT2D eigenvalue weighted by Gasteiger charge is -2.26. The van der Waals surface area contributed by atoms with Gasteiger partial charge in [-0.3, -0.25) is 0 Å². The minimum absolute atomic E-state index is 0.0669. The van der Waals surface area contributed by atoms with Gasteiger partial charge in [0.15, 0.2) is 0 Å². The van der Waals surface area contributed by atoms with Crippen LogP contribution in [0, 0.1) is 5.82 Å². The second-order valence-corrected chi connectivity index (χ2v) is 6.39. The van der Waals surface area contributed by atoms with Crippen LogP contribution in [-0.4, -0.2) is 44.1 Å². The Labute approximate surface area is 115 Å². The lowest BCUT2D eigenvalue weighted by atomic mass is 10.2. The number of aliphatic hydroxyl groups excluding tert-OH is 1. The Balaban J connectivity index is 2.47. The first-order chi connectivity index (χ1) is 8.96. The van der Waals surface area contributed by atoms with Crippen molar-refractivity contribution in [1.29, 1.82) is 0 Å². The van der Waals surface area contributed by atoms with Gasteiger partial charge in [0.25, 0.3) is 0 Å². The summed E-state index contributed by atoms with van der Waals surface area (Å²) in [6.07, 6.45) is 0. The minimum Gasteiger partial charge on any atom is -0.392 e. The van der Waals surface area contributed by atoms with E-state index in [4.69, 9.17) is 21.4 Å². The van der Waals surface area contributed by atoms with Crippen molar-refractivity contribution in [1.82, 2.24) is 4.31 Å². The number of aliphatic hydroxyl groups is 1. The van der Waals surface area contributed by atoms with Crippen LogP contribution < -0.4 is 0 Å². The van der Waals surface area contributed by atoms with E-state index in [1.54, 1.807) is 0 Å². The van der Waals surface area contributed by atoms with E-state index in [1.807, 2.05) is 0 Å². The number of ether oxygens (including phenoxy) is 1. The summed E-state index contributed by atoms with van der Waals surface area (Å²) >= 11 is 5.76. The Morgan fingerprint density at radius 1 is 1.37 bits per heavy atom. The van der Waals surface area contributed by atoms with Crippen molar-refractivity contribution in [2.75, 3.05) is 26.3 Å². The van der Waals surface area contributed by atoms with Crippen molar-refractivity contribution in [2.45, 2.75) is 11.5 Å². The SMILES string of the molecule is O=S(=O)(c1cc(Cl)cc(CO)c1F)N1CCOCC1. The number of hydrogen-bond donors (Lipinski definition) is 1. The maximum Gasteiger partial charge on any atom is 0.246 e. The number of halogens is 2. The fraction of sp³-hybridized carbons (Fsp3) is 0.455. The van der Waals surface area contributed by atoms with Crippen molar-refractivity contribution in [3.8, 4) is 0 Å². The van der Waals surface area contributed by atoms with E-state index in [-0.39, 0.29) is 36.9 Å². The van der Waals surface area contributed by atoms with E-state index in [2.05, 4.69) is 0 Å². The van der Waals surface area contributed by atoms with E-state index in [9.17, 15) is 12.8 Å². The van der Waals surface area contributed by atoms with Crippen molar-refractivity contribution < 1.29 is 22.7 Å². The summed E-state index contributed by atoms with van der Waals surface area (Å²) < 4.78 is 44.9. The maximum absolute atomic E-state index is 14.0. The zero-order valence-electron chi connectivity index (χ0n) is 9.97. The van der Waals surface area contributed by atoms with E-state index < -0.39 is 27.3 Å². The van der Waals surface area contributed by atoms with Gasteiger partial charge in [0.1, 0.15) is 10.7 Å². The smallest absolute Gasteiger partial charge is 0.246 e. The Kier molecular flexibility index (Phi) is 4.42. The zero-order valence-corrected chi connectivity index (χ0v) is 11.5. The Morgan fingerprint density at radius 3 is 2.58 bits per heavy atom. The number of hydrogen-bond acceptors (Lipinski definition) is 4. The van der Waals surface area contributed by atoms with E-state index in [1.165, 1.54) is 6.07 Å². The standard InChI is InChI=1S/C11H13ClFNO4S/c12-9-5-8(7-15)11(13)10(6-9)19(16,17)14-1-3-18-4-2-14/h5-6,15H,1-4,7H2. The van der Waals surface area contributed by atoms with Gasteiger partial charge in [-0.2, -0.15) is 4.31 Å². The second kappa shape index (κ2) is 5.72. The molecule has 2 rings (SSSR count). The number of sulfonamides is 1. The van der Waals surface area contributed by atoms with Gasteiger partial charge in [0.2, 0.25) is 10.0 Å². The molecule has 1 aliphatic heterocycles. The topological polar surface area (TPSA) is 66.8 Å². The molecule has 0 atom stereocenters. The first kappa shape index (κ1) is 14.7. The predicted octanol–water partition coefficient (Wildman–Crippen LogP) is 0.992. The highest BCUT2D eigenvalue weighted by atomic mass is 35.5. The summed E-state index contributed by atoms with van der Waals surface area (Å²) in [7, 11) is -3.97. The molecule has 1 aromatic rings. The molecule has 0 aromatic heterocycles. The van der Waals surface area contributed by atoms with Crippen LogP contribution in [0.5, 0.6) is 0 Å². The molecule has 1 fully saturated rings. The van der Waals surface area contributed by atoms with Crippen molar-refractivity contribution in [3.05, 3.63) is 28.5 Å². The van der Waals surface area contributed by atoms with Gasteiger partial charge < -0.3 is 9.84 Å². The van der Waals surface area contributed by atoms with Crippen LogP contribution in [-0.2, 0) is 21.4 Å². The first-order valence-electron chi connectivity index (χ1n) is 5.63. The molecule has 0 radical (unpaired) electrons. The molecule has 5 nitrogen and oxygen atoms in total. The molecule has 0 aliphatic carbocycles. The molecule has 106 valence electrons. The molecule has 0 spiro atoms. The highest BCUT2D eigenvalue weighted by Crippen LogP contribution is 2.26. The molecule has 8 heteroatoms. The summed E-state index contributed by atoms with van der Waals surface area (Å²) in [5.41, 5.74) is -0.140. The van der Waals surface area contributed by atoms with Gasteiger partial charge in [0, 0.05) is 23.7 Å². The minimum atomic E-state index is -3.97. The van der Waals surface area contributed by atoms with E-state index >= 15 is 0 Å². The monoisotopic (exact) mass is 309 g/mol. The van der Waals surface area contributed by atoms with Gasteiger partial charge >= 0.3 is 0 Å². The molecule has 19 heavy (non-hydrogen) atoms. The molecule has 0 bridgehead atoms. The molecular formula is C11H13ClFNO4S. The van der Waals surface area contributed by atoms with Gasteiger partial charge in [-0.15, -0.1) is 0 Å². The van der Waals surface area contributed by atoms with Gasteiger partial charge in [-0.05, 0) is 12.1 Å². The molecule has 1 saturated heterocycles. The number of rotatable bonds is 3. The lowest BCUT2D eigenvalue weighted by Crippen LogP contribution is -2.41. The quantitative estimate of drug-likeness (QED) is 0.904. The molecule has 0 saturated carbocycles. The predicted molar refractivity (Wildman–Crippen MR) is 66.9 cm³/mol. The van der Waals surface area contributed by atoms with E-state index in [0.717, 1.165) is 10.4 Å². The fourth-order valence-corrected chi connectivity index (χ4v) is 3.69. The molecule has 1 N–H and O–H groups in total. The summed E-state index contributed by atoms with van der Waals surface area (Å²) in [5, 5.41) is 9.08. The first-order valence-corrected chi connectivity index (χ1v) is 7.45. The second-order valence-electron chi connectivity index (χ2n) is 4.05. The number of benzene rings is 1. The fourth-order valence-electron chi connectivity index (χ4n) is 1.85. The third-order valence-electron chi connectivity index (χ3n) is 2.84. The molecule has 1 aromatic carbocycles. The van der Waals surface area contributed by atoms with Crippen LogP contribution in [0.3, 0.4) is 0 Å². The Hall–Kier alpha value is -0.730. The van der Waals surface area contributed by atoms with Crippen molar-refractivity contribution in [3.63, 3.8) is 0 Å². The van der Waals surface area contributed by atoms with Crippen LogP contribution in [0.1, 0.15) is 5.56 Å². The summed E-state index contributed by atoms with van der Waals surface area (Å²) in [6, 6.07) is 2.26. The van der Waals surface area contributed by atoms with Crippen molar-refractivity contribution in [2.24, 2.45) is 0 Å². The van der Waals surface area contributed by atoms with Gasteiger partial charge in [0.05, 0.1) is 19.8 Å². The Bertz CT molecular complexity index is 572. The van der Waals surface area contributed by atoms with Crippen LogP contribution in [0.4, 0.5) is 4.39 Å². The molecule has 1 aliphatic rings. The summed E-state index contributed by atoms with van der Waals surface area (Å²) in [5.74, 6) is -0.960. The van der Waals surface area contributed by atoms with E-state index in [0.29, 0.717) is 0 Å². The molecule has 1 heterocycles. The Morgan fingerprint density at radius 2 is 2.00 bits per heavy atom. The summed E-state index contributed by atoms with van der Waals surface area (Å²) in [6.45, 7) is 0.270. The molecular weight excluding hydrogens is 297 g/mol. The van der Waals surface area contributed by atoms with Crippen LogP contribution in [0.2, 0.25) is 5.02 Å². The zero-order chi connectivity index (χ0) is 14.0. The third-order valence-corrected chi connectivity index (χ3v) is 4.95. The van der Waals surface area contributed by atoms with Gasteiger partial charge in [-0.25, -0.2) is 12.8 Å².